The summed E-state index contributed by atoms with van der Waals surface area (Å²) in [5, 5.41) is 9.05. The third-order valence-electron chi connectivity index (χ3n) is 3.94. The normalized spacial score (nSPS) is 10.9. The molecule has 0 radical (unpaired) electrons. The molecule has 0 saturated heterocycles. The van der Waals surface area contributed by atoms with Crippen LogP contribution in [0.5, 0.6) is 17.4 Å². The molecular formula is C22H17ClFNO4. The number of carboxylic acid groups (broad SMARTS) is 1. The van der Waals surface area contributed by atoms with E-state index < -0.39 is 5.97 Å². The van der Waals surface area contributed by atoms with Gasteiger partial charge in [0.15, 0.2) is 5.75 Å². The molecule has 0 unspecified atom stereocenters. The van der Waals surface area contributed by atoms with E-state index in [9.17, 15) is 9.18 Å². The molecule has 3 rings (SSSR count). The Morgan fingerprint density at radius 2 is 2.03 bits per heavy atom. The van der Waals surface area contributed by atoms with Gasteiger partial charge in [-0.05, 0) is 48.4 Å². The topological polar surface area (TPSA) is 68.7 Å². The van der Waals surface area contributed by atoms with Crippen LogP contribution < -0.4 is 9.47 Å². The Kier molecular flexibility index (Phi) is 6.46. The van der Waals surface area contributed by atoms with Crippen LogP contribution >= 0.6 is 11.6 Å². The number of carboxylic acids is 1. The van der Waals surface area contributed by atoms with E-state index >= 15 is 0 Å². The van der Waals surface area contributed by atoms with Crippen molar-refractivity contribution in [2.45, 2.75) is 13.5 Å². The maximum Gasteiger partial charge on any atom is 0.328 e. The molecule has 0 aliphatic heterocycles. The molecule has 0 atom stereocenters. The highest BCUT2D eigenvalue weighted by molar-refractivity contribution is 6.32. The third kappa shape index (κ3) is 5.56. The molecule has 2 aromatic carbocycles. The minimum absolute atomic E-state index is 0.0881. The molecule has 29 heavy (non-hydrogen) atoms. The summed E-state index contributed by atoms with van der Waals surface area (Å²) in [6.07, 6.45) is 3.96. The Bertz CT molecular complexity index is 1030. The Morgan fingerprint density at radius 3 is 2.69 bits per heavy atom. The van der Waals surface area contributed by atoms with Crippen LogP contribution in [-0.4, -0.2) is 16.1 Å². The molecule has 148 valence electrons. The van der Waals surface area contributed by atoms with E-state index in [1.165, 1.54) is 18.3 Å². The van der Waals surface area contributed by atoms with Crippen LogP contribution in [0.1, 0.15) is 16.7 Å². The highest BCUT2D eigenvalue weighted by Gasteiger charge is 2.10. The van der Waals surface area contributed by atoms with Crippen molar-refractivity contribution < 1.29 is 23.8 Å². The second-order valence-corrected chi connectivity index (χ2v) is 6.54. The number of hydrogen-bond donors (Lipinski definition) is 1. The molecule has 0 amide bonds. The van der Waals surface area contributed by atoms with Gasteiger partial charge in [0.25, 0.3) is 0 Å². The van der Waals surface area contributed by atoms with Crippen molar-refractivity contribution in [2.24, 2.45) is 0 Å². The van der Waals surface area contributed by atoms with E-state index in [1.54, 1.807) is 49.4 Å². The van der Waals surface area contributed by atoms with Crippen molar-refractivity contribution in [3.05, 3.63) is 88.3 Å². The minimum Gasteiger partial charge on any atom is -0.487 e. The van der Waals surface area contributed by atoms with Gasteiger partial charge in [0.05, 0.1) is 11.2 Å². The van der Waals surface area contributed by atoms with Crippen molar-refractivity contribution in [2.75, 3.05) is 0 Å². The number of aryl methyl sites for hydroxylation is 1. The number of halogens is 2. The average Bonchev–Trinajstić information content (AvgIpc) is 2.69. The zero-order chi connectivity index (χ0) is 20.8. The number of carbonyl (C=O) groups is 1. The zero-order valence-electron chi connectivity index (χ0n) is 15.4. The smallest absolute Gasteiger partial charge is 0.328 e. The summed E-state index contributed by atoms with van der Waals surface area (Å²) in [4.78, 5) is 14.8. The lowest BCUT2D eigenvalue weighted by Crippen LogP contribution is -1.99. The van der Waals surface area contributed by atoms with Crippen LogP contribution in [0.2, 0.25) is 5.02 Å². The van der Waals surface area contributed by atoms with Gasteiger partial charge in [-0.15, -0.1) is 0 Å². The highest BCUT2D eigenvalue weighted by Crippen LogP contribution is 2.34. The summed E-state index contributed by atoms with van der Waals surface area (Å²) in [5.41, 5.74) is 1.82. The molecule has 0 aliphatic carbocycles. The first-order chi connectivity index (χ1) is 13.9. The second-order valence-electron chi connectivity index (χ2n) is 6.13. The maximum absolute atomic E-state index is 13.6. The fourth-order valence-electron chi connectivity index (χ4n) is 2.54. The first kappa shape index (κ1) is 20.4. The minimum atomic E-state index is -1.04. The molecule has 5 nitrogen and oxygen atoms in total. The molecule has 0 bridgehead atoms. The van der Waals surface area contributed by atoms with Gasteiger partial charge < -0.3 is 14.6 Å². The first-order valence-corrected chi connectivity index (χ1v) is 9.01. The molecule has 3 aromatic rings. The van der Waals surface area contributed by atoms with Crippen LogP contribution in [0.25, 0.3) is 6.08 Å². The maximum atomic E-state index is 13.6. The third-order valence-corrected chi connectivity index (χ3v) is 4.22. The lowest BCUT2D eigenvalue weighted by Gasteiger charge is -2.12. The van der Waals surface area contributed by atoms with E-state index in [2.05, 4.69) is 4.98 Å². The summed E-state index contributed by atoms with van der Waals surface area (Å²) < 4.78 is 24.9. The SMILES string of the molecule is Cc1cc(C=CC(=O)O)cc(Cl)c1Oc1ccc(OCc2ccccc2F)cn1. The summed E-state index contributed by atoms with van der Waals surface area (Å²) in [5.74, 6) is -0.167. The number of hydrogen-bond acceptors (Lipinski definition) is 4. The van der Waals surface area contributed by atoms with Crippen LogP contribution in [0, 0.1) is 12.7 Å². The molecule has 0 fully saturated rings. The fourth-order valence-corrected chi connectivity index (χ4v) is 2.86. The summed E-state index contributed by atoms with van der Waals surface area (Å²) in [7, 11) is 0. The van der Waals surface area contributed by atoms with Gasteiger partial charge in [-0.2, -0.15) is 0 Å². The molecule has 7 heteroatoms. The van der Waals surface area contributed by atoms with Crippen molar-refractivity contribution >= 4 is 23.6 Å². The van der Waals surface area contributed by atoms with Gasteiger partial charge in [-0.3, -0.25) is 0 Å². The van der Waals surface area contributed by atoms with Gasteiger partial charge in [-0.1, -0.05) is 29.8 Å². The summed E-state index contributed by atoms with van der Waals surface area (Å²) >= 11 is 6.27. The molecular weight excluding hydrogens is 397 g/mol. The Balaban J connectivity index is 1.68. The monoisotopic (exact) mass is 413 g/mol. The number of nitrogens with zero attached hydrogens (tertiary/aromatic N) is 1. The second kappa shape index (κ2) is 9.21. The number of aliphatic carboxylic acids is 1. The standard InChI is InChI=1S/C22H17ClFNO4/c1-14-10-15(6-9-21(26)27)11-18(23)22(14)29-20-8-7-17(12-25-20)28-13-16-4-2-3-5-19(16)24/h2-12H,13H2,1H3,(H,26,27). The summed E-state index contributed by atoms with van der Waals surface area (Å²) in [6, 6.07) is 13.0. The van der Waals surface area contributed by atoms with Gasteiger partial charge in [0.2, 0.25) is 5.88 Å². The lowest BCUT2D eigenvalue weighted by molar-refractivity contribution is -0.131. The number of benzene rings is 2. The molecule has 1 N–H and O–H groups in total. The van der Waals surface area contributed by atoms with E-state index in [-0.39, 0.29) is 12.4 Å². The number of rotatable bonds is 7. The fraction of sp³-hybridized carbons (Fsp3) is 0.0909. The highest BCUT2D eigenvalue weighted by atomic mass is 35.5. The largest absolute Gasteiger partial charge is 0.487 e. The van der Waals surface area contributed by atoms with Crippen LogP contribution in [0.3, 0.4) is 0 Å². The molecule has 0 spiro atoms. The molecule has 0 aliphatic rings. The van der Waals surface area contributed by atoms with E-state index in [0.717, 1.165) is 11.6 Å². The van der Waals surface area contributed by atoms with E-state index in [1.807, 2.05) is 0 Å². The number of aromatic nitrogens is 1. The average molecular weight is 414 g/mol. The van der Waals surface area contributed by atoms with Crippen LogP contribution in [0.15, 0.2) is 60.8 Å². The summed E-state index contributed by atoms with van der Waals surface area (Å²) in [6.45, 7) is 1.88. The number of ether oxygens (including phenoxy) is 2. The predicted molar refractivity (Wildman–Crippen MR) is 108 cm³/mol. The number of pyridine rings is 1. The van der Waals surface area contributed by atoms with Crippen molar-refractivity contribution in [1.29, 1.82) is 0 Å². The van der Waals surface area contributed by atoms with Crippen molar-refractivity contribution in [3.8, 4) is 17.4 Å². The zero-order valence-corrected chi connectivity index (χ0v) is 16.2. The van der Waals surface area contributed by atoms with Crippen LogP contribution in [0.4, 0.5) is 4.39 Å². The Morgan fingerprint density at radius 1 is 1.24 bits per heavy atom. The molecule has 1 heterocycles. The van der Waals surface area contributed by atoms with Gasteiger partial charge in [-0.25, -0.2) is 14.2 Å². The lowest BCUT2D eigenvalue weighted by atomic mass is 10.1. The molecule has 0 saturated carbocycles. The van der Waals surface area contributed by atoms with E-state index in [0.29, 0.717) is 33.5 Å². The molecule has 1 aromatic heterocycles. The first-order valence-electron chi connectivity index (χ1n) is 8.63. The van der Waals surface area contributed by atoms with Gasteiger partial charge in [0, 0.05) is 17.7 Å². The Hall–Kier alpha value is -3.38. The quantitative estimate of drug-likeness (QED) is 0.507. The van der Waals surface area contributed by atoms with Crippen molar-refractivity contribution in [3.63, 3.8) is 0 Å². The van der Waals surface area contributed by atoms with Crippen LogP contribution in [-0.2, 0) is 11.4 Å². The predicted octanol–water partition coefficient (Wildman–Crippen LogP) is 5.65. The van der Waals surface area contributed by atoms with Crippen molar-refractivity contribution in [1.82, 2.24) is 4.98 Å². The Labute approximate surface area is 172 Å². The van der Waals surface area contributed by atoms with E-state index in [4.69, 9.17) is 26.2 Å². The van der Waals surface area contributed by atoms with Gasteiger partial charge in [0.1, 0.15) is 18.2 Å². The van der Waals surface area contributed by atoms with Gasteiger partial charge >= 0.3 is 5.97 Å².